The van der Waals surface area contributed by atoms with Crippen LogP contribution in [0, 0.1) is 13.8 Å². The Balaban J connectivity index is 2.22. The van der Waals surface area contributed by atoms with Crippen LogP contribution in [0.25, 0.3) is 0 Å². The van der Waals surface area contributed by atoms with Crippen molar-refractivity contribution in [2.75, 3.05) is 10.7 Å². The summed E-state index contributed by atoms with van der Waals surface area (Å²) in [5.41, 5.74) is 2.50. The molecule has 2 rings (SSSR count). The maximum atomic E-state index is 12.3. The van der Waals surface area contributed by atoms with E-state index in [-0.39, 0.29) is 24.0 Å². The molecule has 1 N–H and O–H groups in total. The van der Waals surface area contributed by atoms with Crippen LogP contribution in [-0.2, 0) is 14.4 Å². The molecule has 1 atom stereocenters. The molecule has 1 aliphatic heterocycles. The molecule has 5 nitrogen and oxygen atoms in total. The van der Waals surface area contributed by atoms with Gasteiger partial charge in [0.05, 0.1) is 16.7 Å². The number of hydrogen-bond donors (Lipinski definition) is 1. The first-order valence-corrected chi connectivity index (χ1v) is 7.22. The number of anilines is 1. The molecule has 20 heavy (non-hydrogen) atoms. The molecule has 0 radical (unpaired) electrons. The fraction of sp³-hybridized carbons (Fsp3) is 0.357. The first kappa shape index (κ1) is 14.6. The van der Waals surface area contributed by atoms with Gasteiger partial charge in [-0.3, -0.25) is 14.4 Å². The van der Waals surface area contributed by atoms with E-state index in [9.17, 15) is 14.4 Å². The number of nitrogens with zero attached hydrogens (tertiary/aromatic N) is 1. The van der Waals surface area contributed by atoms with E-state index in [1.165, 1.54) is 4.90 Å². The number of aryl methyl sites for hydroxylation is 2. The van der Waals surface area contributed by atoms with Gasteiger partial charge in [0.2, 0.25) is 11.8 Å². The van der Waals surface area contributed by atoms with Crippen molar-refractivity contribution in [3.8, 4) is 0 Å². The highest BCUT2D eigenvalue weighted by Crippen LogP contribution is 2.31. The predicted octanol–water partition coefficient (Wildman–Crippen LogP) is 1.75. The summed E-state index contributed by atoms with van der Waals surface area (Å²) >= 11 is 1.000. The van der Waals surface area contributed by atoms with Crippen LogP contribution >= 0.6 is 11.8 Å². The largest absolute Gasteiger partial charge is 0.481 e. The van der Waals surface area contributed by atoms with Gasteiger partial charge in [0, 0.05) is 6.42 Å². The number of rotatable bonds is 4. The maximum Gasteiger partial charge on any atom is 0.313 e. The minimum atomic E-state index is -0.986. The summed E-state index contributed by atoms with van der Waals surface area (Å²) in [6.45, 7) is 3.79. The van der Waals surface area contributed by atoms with Gasteiger partial charge in [0.25, 0.3) is 0 Å². The number of aliphatic carboxylic acids is 1. The summed E-state index contributed by atoms with van der Waals surface area (Å²) in [6.07, 6.45) is 0.0596. The molecule has 1 heterocycles. The van der Waals surface area contributed by atoms with E-state index >= 15 is 0 Å². The first-order valence-electron chi connectivity index (χ1n) is 6.17. The van der Waals surface area contributed by atoms with E-state index in [0.29, 0.717) is 5.69 Å². The average Bonchev–Trinajstić information content (AvgIpc) is 2.63. The molecule has 1 aromatic rings. The summed E-state index contributed by atoms with van der Waals surface area (Å²) in [5, 5.41) is 8.06. The third kappa shape index (κ3) is 2.85. The normalized spacial score (nSPS) is 18.7. The van der Waals surface area contributed by atoms with E-state index in [1.54, 1.807) is 6.07 Å². The van der Waals surface area contributed by atoms with Crippen LogP contribution < -0.4 is 4.90 Å². The highest BCUT2D eigenvalue weighted by Gasteiger charge is 2.40. The number of amides is 2. The van der Waals surface area contributed by atoms with Crippen LogP contribution in [0.5, 0.6) is 0 Å². The van der Waals surface area contributed by atoms with Crippen molar-refractivity contribution in [1.82, 2.24) is 0 Å². The Morgan fingerprint density at radius 3 is 2.70 bits per heavy atom. The van der Waals surface area contributed by atoms with Gasteiger partial charge < -0.3 is 5.11 Å². The van der Waals surface area contributed by atoms with Gasteiger partial charge in [-0.1, -0.05) is 17.7 Å². The van der Waals surface area contributed by atoms with Crippen LogP contribution in [0.2, 0.25) is 0 Å². The molecule has 0 aliphatic carbocycles. The van der Waals surface area contributed by atoms with Crippen molar-refractivity contribution in [3.05, 3.63) is 29.3 Å². The number of carbonyl (C=O) groups excluding carboxylic acids is 2. The zero-order chi connectivity index (χ0) is 14.9. The number of carboxylic acids is 1. The Morgan fingerprint density at radius 1 is 1.40 bits per heavy atom. The van der Waals surface area contributed by atoms with Gasteiger partial charge in [-0.15, -0.1) is 11.8 Å². The maximum absolute atomic E-state index is 12.3. The minimum absolute atomic E-state index is 0.0596. The Bertz CT molecular complexity index is 585. The van der Waals surface area contributed by atoms with Gasteiger partial charge in [0.15, 0.2) is 0 Å². The first-order chi connectivity index (χ1) is 9.40. The van der Waals surface area contributed by atoms with E-state index < -0.39 is 11.2 Å². The molecule has 106 valence electrons. The van der Waals surface area contributed by atoms with Crippen molar-refractivity contribution in [2.24, 2.45) is 0 Å². The van der Waals surface area contributed by atoms with Gasteiger partial charge >= 0.3 is 5.97 Å². The number of imide groups is 1. The van der Waals surface area contributed by atoms with Crippen molar-refractivity contribution in [2.45, 2.75) is 25.5 Å². The molecule has 0 bridgehead atoms. The molecule has 0 saturated carbocycles. The summed E-state index contributed by atoms with van der Waals surface area (Å²) < 4.78 is 0. The lowest BCUT2D eigenvalue weighted by Crippen LogP contribution is -2.32. The molecule has 1 saturated heterocycles. The highest BCUT2D eigenvalue weighted by molar-refractivity contribution is 8.01. The molecular formula is C14H15NO4S. The molecule has 2 amide bonds. The van der Waals surface area contributed by atoms with Crippen LogP contribution in [0.1, 0.15) is 17.5 Å². The van der Waals surface area contributed by atoms with Crippen molar-refractivity contribution in [3.63, 3.8) is 0 Å². The zero-order valence-electron chi connectivity index (χ0n) is 11.3. The number of carbonyl (C=O) groups is 3. The topological polar surface area (TPSA) is 74.7 Å². The van der Waals surface area contributed by atoms with E-state index in [2.05, 4.69) is 0 Å². The molecule has 1 aliphatic rings. The van der Waals surface area contributed by atoms with E-state index in [0.717, 1.165) is 22.9 Å². The Labute approximate surface area is 121 Å². The van der Waals surface area contributed by atoms with Crippen molar-refractivity contribution < 1.29 is 19.5 Å². The second-order valence-corrected chi connectivity index (χ2v) is 5.95. The second-order valence-electron chi connectivity index (χ2n) is 4.75. The number of thioether (sulfide) groups is 1. The number of benzene rings is 1. The number of hydrogen-bond acceptors (Lipinski definition) is 4. The third-order valence-electron chi connectivity index (χ3n) is 3.11. The Kier molecular flexibility index (Phi) is 4.13. The summed E-state index contributed by atoms with van der Waals surface area (Å²) in [6, 6.07) is 5.51. The van der Waals surface area contributed by atoms with E-state index in [4.69, 9.17) is 5.11 Å². The molecule has 1 unspecified atom stereocenters. The quantitative estimate of drug-likeness (QED) is 0.856. The SMILES string of the molecule is Cc1ccc(N2C(=O)CC(SCC(=O)O)C2=O)c(C)c1. The Morgan fingerprint density at radius 2 is 2.10 bits per heavy atom. The minimum Gasteiger partial charge on any atom is -0.481 e. The molecule has 1 aromatic carbocycles. The zero-order valence-corrected chi connectivity index (χ0v) is 12.1. The monoisotopic (exact) mass is 293 g/mol. The highest BCUT2D eigenvalue weighted by atomic mass is 32.2. The van der Waals surface area contributed by atoms with Crippen molar-refractivity contribution in [1.29, 1.82) is 0 Å². The van der Waals surface area contributed by atoms with Crippen LogP contribution in [0.3, 0.4) is 0 Å². The van der Waals surface area contributed by atoms with Gasteiger partial charge in [0.1, 0.15) is 0 Å². The average molecular weight is 293 g/mol. The summed E-state index contributed by atoms with van der Waals surface area (Å²) in [4.78, 5) is 36.0. The van der Waals surface area contributed by atoms with Gasteiger partial charge in [-0.2, -0.15) is 0 Å². The lowest BCUT2D eigenvalue weighted by molar-refractivity contribution is -0.134. The van der Waals surface area contributed by atoms with Gasteiger partial charge in [-0.25, -0.2) is 4.90 Å². The molecule has 0 spiro atoms. The molecule has 1 fully saturated rings. The standard InChI is InChI=1S/C14H15NO4S/c1-8-3-4-10(9(2)5-8)15-12(16)6-11(14(15)19)20-7-13(17)18/h3-5,11H,6-7H2,1-2H3,(H,17,18). The third-order valence-corrected chi connectivity index (χ3v) is 4.29. The fourth-order valence-electron chi connectivity index (χ4n) is 2.22. The lowest BCUT2D eigenvalue weighted by Gasteiger charge is -2.17. The Hall–Kier alpha value is -1.82. The summed E-state index contributed by atoms with van der Waals surface area (Å²) in [7, 11) is 0. The summed E-state index contributed by atoms with van der Waals surface area (Å²) in [5.74, 6) is -1.76. The fourth-order valence-corrected chi connectivity index (χ4v) is 3.07. The second kappa shape index (κ2) is 5.66. The lowest BCUT2D eigenvalue weighted by atomic mass is 10.1. The van der Waals surface area contributed by atoms with Crippen LogP contribution in [0.4, 0.5) is 5.69 Å². The van der Waals surface area contributed by atoms with Gasteiger partial charge in [-0.05, 0) is 25.5 Å². The predicted molar refractivity (Wildman–Crippen MR) is 76.9 cm³/mol. The van der Waals surface area contributed by atoms with Crippen molar-refractivity contribution >= 4 is 35.2 Å². The smallest absolute Gasteiger partial charge is 0.313 e. The van der Waals surface area contributed by atoms with Crippen LogP contribution in [0.15, 0.2) is 18.2 Å². The molecular weight excluding hydrogens is 278 g/mol. The van der Waals surface area contributed by atoms with E-state index in [1.807, 2.05) is 26.0 Å². The molecule has 6 heteroatoms. The molecule has 0 aromatic heterocycles. The number of carboxylic acid groups (broad SMARTS) is 1. The van der Waals surface area contributed by atoms with Crippen LogP contribution in [-0.4, -0.2) is 33.9 Å².